The molecule has 0 saturated carbocycles. The monoisotopic (exact) mass is 583 g/mol. The lowest BCUT2D eigenvalue weighted by Gasteiger charge is -2.31. The van der Waals surface area contributed by atoms with Gasteiger partial charge < -0.3 is 5.32 Å². The van der Waals surface area contributed by atoms with Crippen LogP contribution in [0.1, 0.15) is 110 Å². The van der Waals surface area contributed by atoms with Gasteiger partial charge in [-0.2, -0.15) is 47.9 Å². The second-order valence-corrected chi connectivity index (χ2v) is 10.5. The van der Waals surface area contributed by atoms with E-state index in [4.69, 9.17) is 4.55 Å². The molecule has 0 radical (unpaired) electrons. The Morgan fingerprint density at radius 3 is 1.11 bits per heavy atom. The van der Waals surface area contributed by atoms with Gasteiger partial charge in [-0.05, 0) is 20.0 Å². The summed E-state index contributed by atoms with van der Waals surface area (Å²) in [5, 5.41) is -3.78. The summed E-state index contributed by atoms with van der Waals surface area (Å²) in [6.07, 6.45) is 16.1. The second kappa shape index (κ2) is 18.5. The molecule has 0 rings (SSSR count). The van der Waals surface area contributed by atoms with Crippen molar-refractivity contribution in [3.05, 3.63) is 0 Å². The van der Waals surface area contributed by atoms with Crippen molar-refractivity contribution in [1.29, 1.82) is 0 Å². The van der Waals surface area contributed by atoms with Crippen LogP contribution < -0.4 is 5.32 Å². The summed E-state index contributed by atoms with van der Waals surface area (Å²) in [6.45, 7) is 3.49. The first-order valence-electron chi connectivity index (χ1n) is 12.7. The number of nitrogens with one attached hydrogen (secondary N) is 1. The Labute approximate surface area is 214 Å². The molecule has 37 heavy (non-hydrogen) atoms. The molecule has 0 spiro atoms. The first kappa shape index (κ1) is 38.4. The molecule has 4 nitrogen and oxygen atoms in total. The van der Waals surface area contributed by atoms with Crippen LogP contribution in [0.4, 0.5) is 39.5 Å². The van der Waals surface area contributed by atoms with Crippen molar-refractivity contribution in [3.63, 3.8) is 0 Å². The summed E-state index contributed by atoms with van der Waals surface area (Å²) < 4.78 is 134. The topological polar surface area (TPSA) is 66.4 Å². The van der Waals surface area contributed by atoms with Crippen molar-refractivity contribution in [2.45, 2.75) is 133 Å². The lowest BCUT2D eigenvalue weighted by molar-refractivity contribution is -0.382. The average molecular weight is 584 g/mol. The molecule has 0 aromatic rings. The van der Waals surface area contributed by atoms with Gasteiger partial charge in [-0.25, -0.2) is 0 Å². The Morgan fingerprint density at radius 2 is 0.865 bits per heavy atom. The van der Waals surface area contributed by atoms with E-state index in [1.165, 1.54) is 109 Å². The Hall–Kier alpha value is -0.760. The van der Waals surface area contributed by atoms with Crippen molar-refractivity contribution < 1.29 is 52.5 Å². The predicted octanol–water partition coefficient (Wildman–Crippen LogP) is 8.77. The molecule has 0 saturated heterocycles. The molecule has 0 heterocycles. The van der Waals surface area contributed by atoms with Crippen molar-refractivity contribution in [2.24, 2.45) is 0 Å². The van der Waals surface area contributed by atoms with E-state index >= 15 is 0 Å². The third-order valence-corrected chi connectivity index (χ3v) is 6.62. The lowest BCUT2D eigenvalue weighted by Crippen LogP contribution is -2.63. The minimum absolute atomic E-state index is 1.19. The van der Waals surface area contributed by atoms with Gasteiger partial charge in [0.05, 0.1) is 0 Å². The third-order valence-electron chi connectivity index (χ3n) is 5.72. The van der Waals surface area contributed by atoms with Gasteiger partial charge in [-0.15, -0.1) is 0 Å². The number of rotatable bonds is 20. The van der Waals surface area contributed by atoms with Gasteiger partial charge in [0.2, 0.25) is 0 Å². The Balaban J connectivity index is 0. The van der Waals surface area contributed by atoms with E-state index < -0.39 is 33.4 Å². The Kier molecular flexibility index (Phi) is 19.2. The highest BCUT2D eigenvalue weighted by atomic mass is 32.2. The number of halogens is 9. The summed E-state index contributed by atoms with van der Waals surface area (Å²) in [6, 6.07) is 0. The molecule has 0 amide bonds. The highest BCUT2D eigenvalue weighted by molar-refractivity contribution is 7.87. The first-order valence-corrected chi connectivity index (χ1v) is 14.2. The molecule has 0 aliphatic heterocycles. The fourth-order valence-electron chi connectivity index (χ4n) is 3.37. The van der Waals surface area contributed by atoms with Gasteiger partial charge in [-0.3, -0.25) is 4.55 Å². The minimum atomic E-state index is -7.37. The maximum atomic E-state index is 12.2. The largest absolute Gasteiger partial charge is 0.460 e. The van der Waals surface area contributed by atoms with Gasteiger partial charge in [0.15, 0.2) is 0 Å². The summed E-state index contributed by atoms with van der Waals surface area (Å²) in [4.78, 5) is 0. The van der Waals surface area contributed by atoms with E-state index in [0.29, 0.717) is 0 Å². The molecule has 0 unspecified atom stereocenters. The molecular weight excluding hydrogens is 541 g/mol. The summed E-state index contributed by atoms with van der Waals surface area (Å²) in [5.74, 6) is -14.7. The lowest BCUT2D eigenvalue weighted by atomic mass is 10.0. The molecule has 0 aliphatic carbocycles. The van der Waals surface area contributed by atoms with E-state index in [2.05, 4.69) is 12.2 Å². The maximum Gasteiger partial charge on any atom is 0.460 e. The molecule has 226 valence electrons. The van der Waals surface area contributed by atoms with E-state index in [9.17, 15) is 47.9 Å². The first-order chi connectivity index (χ1) is 16.9. The second-order valence-electron chi connectivity index (χ2n) is 9.05. The molecule has 14 heteroatoms. The molecule has 0 atom stereocenters. The molecule has 2 N–H and O–H groups in total. The van der Waals surface area contributed by atoms with E-state index in [-0.39, 0.29) is 0 Å². The zero-order chi connectivity index (χ0) is 29.2. The molecular formula is C23H42F9NO3S. The van der Waals surface area contributed by atoms with Crippen LogP contribution in [0.25, 0.3) is 0 Å². The predicted molar refractivity (Wildman–Crippen MR) is 126 cm³/mol. The normalized spacial score (nSPS) is 13.4. The molecule has 0 bridgehead atoms. The Bertz CT molecular complexity index is 655. The van der Waals surface area contributed by atoms with Crippen molar-refractivity contribution >= 4 is 10.1 Å². The van der Waals surface area contributed by atoms with Crippen LogP contribution in [0.3, 0.4) is 0 Å². The molecule has 0 aliphatic rings. The van der Waals surface area contributed by atoms with Gasteiger partial charge >= 0.3 is 33.4 Å². The standard InChI is InChI=1S/C19H41N.C4HF9O3S/c1-3-4-5-6-7-8-9-10-11-12-13-14-15-16-17-18-19-20-2;5-1(6,3(9,10)11)2(7,8)4(12,13)17(14,15)16/h20H,3-19H2,1-2H3;(H,14,15,16). The number of hydrogen-bond donors (Lipinski definition) is 2. The van der Waals surface area contributed by atoms with Gasteiger partial charge in [0.1, 0.15) is 0 Å². The number of alkyl halides is 9. The summed E-state index contributed by atoms with van der Waals surface area (Å²) in [7, 11) is -5.12. The van der Waals surface area contributed by atoms with E-state index in [1.807, 2.05) is 7.05 Å². The van der Waals surface area contributed by atoms with Crippen LogP contribution in [0.2, 0.25) is 0 Å². The third kappa shape index (κ3) is 14.3. The number of hydrogen-bond acceptors (Lipinski definition) is 3. The maximum absolute atomic E-state index is 12.2. The van der Waals surface area contributed by atoms with E-state index in [0.717, 1.165) is 0 Å². The van der Waals surface area contributed by atoms with Crippen LogP contribution in [-0.2, 0) is 10.1 Å². The van der Waals surface area contributed by atoms with Gasteiger partial charge in [0.25, 0.3) is 0 Å². The number of unbranched alkanes of at least 4 members (excludes halogenated alkanes) is 15. The average Bonchev–Trinajstić information content (AvgIpc) is 2.77. The van der Waals surface area contributed by atoms with Crippen LogP contribution >= 0.6 is 0 Å². The van der Waals surface area contributed by atoms with Gasteiger partial charge in [0, 0.05) is 0 Å². The summed E-state index contributed by atoms with van der Waals surface area (Å²) >= 11 is 0. The van der Waals surface area contributed by atoms with Crippen LogP contribution in [-0.4, -0.2) is 49.8 Å². The fraction of sp³-hybridized carbons (Fsp3) is 1.00. The fourth-order valence-corrected chi connectivity index (χ4v) is 3.82. The molecule has 0 aromatic heterocycles. The van der Waals surface area contributed by atoms with Crippen molar-refractivity contribution in [3.8, 4) is 0 Å². The van der Waals surface area contributed by atoms with Crippen LogP contribution in [0.5, 0.6) is 0 Å². The van der Waals surface area contributed by atoms with Crippen molar-refractivity contribution in [2.75, 3.05) is 13.6 Å². The summed E-state index contributed by atoms with van der Waals surface area (Å²) in [5.41, 5.74) is 0. The SMILES string of the molecule is CCCCCCCCCCCCCCCCCCNC.O=S(=O)(O)C(F)(F)C(F)(F)C(F)(F)C(F)(F)F. The highest BCUT2D eigenvalue weighted by Gasteiger charge is 2.85. The zero-order valence-electron chi connectivity index (χ0n) is 21.6. The minimum Gasteiger partial charge on any atom is -0.320 e. The van der Waals surface area contributed by atoms with Crippen molar-refractivity contribution in [1.82, 2.24) is 5.32 Å². The quantitative estimate of drug-likeness (QED) is 0.0854. The van der Waals surface area contributed by atoms with E-state index in [1.54, 1.807) is 0 Å². The van der Waals surface area contributed by atoms with Crippen LogP contribution in [0, 0.1) is 0 Å². The zero-order valence-corrected chi connectivity index (χ0v) is 22.4. The van der Waals surface area contributed by atoms with Gasteiger partial charge in [-0.1, -0.05) is 103 Å². The smallest absolute Gasteiger partial charge is 0.320 e. The molecule has 0 aromatic carbocycles. The Morgan fingerprint density at radius 1 is 0.568 bits per heavy atom. The van der Waals surface area contributed by atoms with Crippen LogP contribution in [0.15, 0.2) is 0 Å². The highest BCUT2D eigenvalue weighted by Crippen LogP contribution is 2.54. The molecule has 0 fully saturated rings.